The molecule has 0 spiro atoms. The molecular weight excluding hydrogens is 256 g/mol. The van der Waals surface area contributed by atoms with Gasteiger partial charge in [-0.05, 0) is 18.2 Å². The van der Waals surface area contributed by atoms with Crippen LogP contribution in [0.1, 0.15) is 6.42 Å². The van der Waals surface area contributed by atoms with Crippen LogP contribution in [0.5, 0.6) is 5.75 Å². The predicted molar refractivity (Wildman–Crippen MR) is 70.9 cm³/mol. The highest BCUT2D eigenvalue weighted by Gasteiger charge is 2.08. The normalized spacial score (nSPS) is 10.0. The lowest BCUT2D eigenvalue weighted by Gasteiger charge is -2.15. The first-order valence-electron chi connectivity index (χ1n) is 5.46. The van der Waals surface area contributed by atoms with E-state index in [1.54, 1.807) is 32.4 Å². The molecule has 18 heavy (non-hydrogen) atoms. The van der Waals surface area contributed by atoms with Crippen molar-refractivity contribution in [2.24, 2.45) is 0 Å². The number of carbonyl (C=O) groups excluding carboxylic acids is 1. The summed E-state index contributed by atoms with van der Waals surface area (Å²) in [5.74, 6) is 0.581. The first-order chi connectivity index (χ1) is 8.58. The van der Waals surface area contributed by atoms with Crippen molar-refractivity contribution in [2.45, 2.75) is 6.42 Å². The second-order valence-corrected chi connectivity index (χ2v) is 4.03. The second kappa shape index (κ2) is 7.08. The summed E-state index contributed by atoms with van der Waals surface area (Å²) in [6, 6.07) is 5.27. The number of amides is 1. The van der Waals surface area contributed by atoms with Crippen molar-refractivity contribution >= 4 is 23.2 Å². The lowest BCUT2D eigenvalue weighted by atomic mass is 10.3. The van der Waals surface area contributed by atoms with Gasteiger partial charge in [0, 0.05) is 25.0 Å². The Bertz CT molecular complexity index is 412. The lowest BCUT2D eigenvalue weighted by Crippen LogP contribution is -2.27. The van der Waals surface area contributed by atoms with Crippen molar-refractivity contribution in [1.82, 2.24) is 5.06 Å². The third-order valence-corrected chi connectivity index (χ3v) is 2.68. The SMILES string of the molecule is COc1ccc(Cl)cc1NCCC(=O)N(C)OC. The van der Waals surface area contributed by atoms with E-state index in [1.165, 1.54) is 12.2 Å². The summed E-state index contributed by atoms with van der Waals surface area (Å²) >= 11 is 5.90. The van der Waals surface area contributed by atoms with Crippen LogP contribution in [0.25, 0.3) is 0 Å². The van der Waals surface area contributed by atoms with Crippen molar-refractivity contribution in [2.75, 3.05) is 33.1 Å². The van der Waals surface area contributed by atoms with E-state index in [2.05, 4.69) is 5.32 Å². The molecule has 0 aliphatic heterocycles. The average molecular weight is 273 g/mol. The molecule has 1 aromatic carbocycles. The van der Waals surface area contributed by atoms with Crippen molar-refractivity contribution < 1.29 is 14.4 Å². The van der Waals surface area contributed by atoms with Crippen LogP contribution in [0.3, 0.4) is 0 Å². The van der Waals surface area contributed by atoms with Gasteiger partial charge >= 0.3 is 0 Å². The molecule has 0 saturated heterocycles. The number of halogens is 1. The lowest BCUT2D eigenvalue weighted by molar-refractivity contribution is -0.168. The van der Waals surface area contributed by atoms with E-state index < -0.39 is 0 Å². The monoisotopic (exact) mass is 272 g/mol. The van der Waals surface area contributed by atoms with Gasteiger partial charge in [0.2, 0.25) is 5.91 Å². The van der Waals surface area contributed by atoms with Crippen molar-refractivity contribution in [1.29, 1.82) is 0 Å². The Balaban J connectivity index is 2.53. The summed E-state index contributed by atoms with van der Waals surface area (Å²) in [4.78, 5) is 16.3. The Morgan fingerprint density at radius 3 is 2.78 bits per heavy atom. The maximum absolute atomic E-state index is 11.5. The zero-order chi connectivity index (χ0) is 13.5. The molecule has 0 unspecified atom stereocenters. The molecule has 6 heteroatoms. The molecule has 100 valence electrons. The van der Waals surface area contributed by atoms with Crippen LogP contribution in [0.4, 0.5) is 5.69 Å². The van der Waals surface area contributed by atoms with Gasteiger partial charge in [-0.15, -0.1) is 0 Å². The van der Waals surface area contributed by atoms with Crippen LogP contribution in [-0.4, -0.2) is 38.8 Å². The van der Waals surface area contributed by atoms with E-state index in [0.717, 1.165) is 5.69 Å². The van der Waals surface area contributed by atoms with Gasteiger partial charge in [0.15, 0.2) is 0 Å². The summed E-state index contributed by atoms with van der Waals surface area (Å²) in [6.45, 7) is 0.475. The minimum absolute atomic E-state index is 0.106. The van der Waals surface area contributed by atoms with Gasteiger partial charge in [0.1, 0.15) is 5.75 Å². The molecule has 1 amide bonds. The zero-order valence-corrected chi connectivity index (χ0v) is 11.5. The zero-order valence-electron chi connectivity index (χ0n) is 10.7. The Morgan fingerprint density at radius 2 is 2.17 bits per heavy atom. The summed E-state index contributed by atoms with van der Waals surface area (Å²) in [7, 11) is 4.60. The minimum atomic E-state index is -0.106. The molecule has 0 fully saturated rings. The van der Waals surface area contributed by atoms with Crippen LogP contribution >= 0.6 is 11.6 Å². The Labute approximate surface area is 112 Å². The van der Waals surface area contributed by atoms with Gasteiger partial charge in [-0.1, -0.05) is 11.6 Å². The number of hydrogen-bond donors (Lipinski definition) is 1. The van der Waals surface area contributed by atoms with Crippen molar-refractivity contribution in [3.63, 3.8) is 0 Å². The first-order valence-corrected chi connectivity index (χ1v) is 5.84. The molecule has 1 rings (SSSR count). The van der Waals surface area contributed by atoms with Gasteiger partial charge in [0.25, 0.3) is 0 Å². The molecule has 0 aliphatic rings. The van der Waals surface area contributed by atoms with Gasteiger partial charge in [-0.3, -0.25) is 9.63 Å². The van der Waals surface area contributed by atoms with E-state index in [4.69, 9.17) is 21.2 Å². The Kier molecular flexibility index (Phi) is 5.74. The van der Waals surface area contributed by atoms with Crippen LogP contribution in [0, 0.1) is 0 Å². The molecule has 0 aromatic heterocycles. The van der Waals surface area contributed by atoms with Gasteiger partial charge in [-0.25, -0.2) is 5.06 Å². The average Bonchev–Trinajstić information content (AvgIpc) is 2.38. The molecular formula is C12H17ClN2O3. The molecule has 0 bridgehead atoms. The largest absolute Gasteiger partial charge is 0.495 e. The number of nitrogens with one attached hydrogen (secondary N) is 1. The number of anilines is 1. The summed E-state index contributed by atoms with van der Waals surface area (Å²) in [5, 5.41) is 4.90. The fraction of sp³-hybridized carbons (Fsp3) is 0.417. The van der Waals surface area contributed by atoms with Crippen molar-refractivity contribution in [3.05, 3.63) is 23.2 Å². The van der Waals surface area contributed by atoms with E-state index in [9.17, 15) is 4.79 Å². The van der Waals surface area contributed by atoms with Gasteiger partial charge < -0.3 is 10.1 Å². The summed E-state index contributed by atoms with van der Waals surface area (Å²) in [5.41, 5.74) is 0.762. The molecule has 0 radical (unpaired) electrons. The molecule has 0 atom stereocenters. The second-order valence-electron chi connectivity index (χ2n) is 3.60. The molecule has 0 heterocycles. The molecule has 1 N–H and O–H groups in total. The smallest absolute Gasteiger partial charge is 0.247 e. The van der Waals surface area contributed by atoms with E-state index in [-0.39, 0.29) is 5.91 Å². The number of carbonyl (C=O) groups is 1. The summed E-state index contributed by atoms with van der Waals surface area (Å²) < 4.78 is 5.19. The van der Waals surface area contributed by atoms with E-state index >= 15 is 0 Å². The van der Waals surface area contributed by atoms with Crippen LogP contribution in [0.15, 0.2) is 18.2 Å². The van der Waals surface area contributed by atoms with E-state index in [1.807, 2.05) is 0 Å². The molecule has 0 aliphatic carbocycles. The highest BCUT2D eigenvalue weighted by molar-refractivity contribution is 6.30. The quantitative estimate of drug-likeness (QED) is 0.807. The fourth-order valence-electron chi connectivity index (χ4n) is 1.38. The Hall–Kier alpha value is -1.46. The molecule has 1 aromatic rings. The minimum Gasteiger partial charge on any atom is -0.495 e. The number of hydroxylamine groups is 2. The number of methoxy groups -OCH3 is 1. The Morgan fingerprint density at radius 1 is 1.44 bits per heavy atom. The number of hydrogen-bond acceptors (Lipinski definition) is 4. The number of nitrogens with zero attached hydrogens (tertiary/aromatic N) is 1. The maximum Gasteiger partial charge on any atom is 0.247 e. The third kappa shape index (κ3) is 4.09. The summed E-state index contributed by atoms with van der Waals surface area (Å²) in [6.07, 6.45) is 0.319. The third-order valence-electron chi connectivity index (χ3n) is 2.44. The first kappa shape index (κ1) is 14.6. The number of ether oxygens (including phenoxy) is 1. The fourth-order valence-corrected chi connectivity index (χ4v) is 1.55. The molecule has 5 nitrogen and oxygen atoms in total. The van der Waals surface area contributed by atoms with Crippen LogP contribution < -0.4 is 10.1 Å². The topological polar surface area (TPSA) is 50.8 Å². The standard InChI is InChI=1S/C12H17ClN2O3/c1-15(18-3)12(16)6-7-14-10-8-9(13)4-5-11(10)17-2/h4-5,8,14H,6-7H2,1-3H3. The van der Waals surface area contributed by atoms with Gasteiger partial charge in [-0.2, -0.15) is 0 Å². The number of rotatable bonds is 6. The highest BCUT2D eigenvalue weighted by atomic mass is 35.5. The van der Waals surface area contributed by atoms with Crippen LogP contribution in [0.2, 0.25) is 5.02 Å². The van der Waals surface area contributed by atoms with Crippen molar-refractivity contribution in [3.8, 4) is 5.75 Å². The van der Waals surface area contributed by atoms with E-state index in [0.29, 0.717) is 23.7 Å². The predicted octanol–water partition coefficient (Wildman–Crippen LogP) is 2.17. The van der Waals surface area contributed by atoms with Gasteiger partial charge in [0.05, 0.1) is 19.9 Å². The van der Waals surface area contributed by atoms with Crippen LogP contribution in [-0.2, 0) is 9.63 Å². The molecule has 0 saturated carbocycles. The highest BCUT2D eigenvalue weighted by Crippen LogP contribution is 2.27. The number of benzene rings is 1. The maximum atomic E-state index is 11.5.